The Kier molecular flexibility index (Phi) is 6.26. The summed E-state index contributed by atoms with van der Waals surface area (Å²) in [7, 11) is 0. The maximum atomic E-state index is 11.6. The van der Waals surface area contributed by atoms with Crippen LogP contribution in [0.3, 0.4) is 0 Å². The van der Waals surface area contributed by atoms with Gasteiger partial charge in [0.15, 0.2) is 5.16 Å². The molecule has 19 heavy (non-hydrogen) atoms. The molecule has 0 aliphatic carbocycles. The second-order valence-electron chi connectivity index (χ2n) is 4.58. The Labute approximate surface area is 122 Å². The lowest BCUT2D eigenvalue weighted by Crippen LogP contribution is -2.22. The highest BCUT2D eigenvalue weighted by Crippen LogP contribution is 2.15. The van der Waals surface area contributed by atoms with Gasteiger partial charge in [-0.05, 0) is 31.7 Å². The Bertz CT molecular complexity index is 444. The Morgan fingerprint density at radius 2 is 2.21 bits per heavy atom. The van der Waals surface area contributed by atoms with Crippen LogP contribution in [0.4, 0.5) is 0 Å². The van der Waals surface area contributed by atoms with Gasteiger partial charge in [-0.3, -0.25) is 4.79 Å². The highest BCUT2D eigenvalue weighted by molar-refractivity contribution is 7.99. The van der Waals surface area contributed by atoms with Crippen LogP contribution in [-0.4, -0.2) is 46.0 Å². The lowest BCUT2D eigenvalue weighted by Gasteiger charge is -2.13. The SMILES string of the molecule is CCSCc1cc(=O)[nH]c(SCCN2CCCC2)n1. The van der Waals surface area contributed by atoms with Crippen LogP contribution in [0.5, 0.6) is 0 Å². The molecule has 1 aromatic heterocycles. The molecule has 0 spiro atoms. The third kappa shape index (κ3) is 5.20. The number of thioether (sulfide) groups is 2. The standard InChI is InChI=1S/C13H21N3OS2/c1-2-18-10-11-9-12(17)15-13(14-11)19-8-7-16-5-3-4-6-16/h9H,2-8,10H2,1H3,(H,14,15,17). The molecule has 2 rings (SSSR count). The Morgan fingerprint density at radius 1 is 1.42 bits per heavy atom. The first kappa shape index (κ1) is 14.9. The summed E-state index contributed by atoms with van der Waals surface area (Å²) in [6.45, 7) is 5.64. The van der Waals surface area contributed by atoms with E-state index in [1.807, 2.05) is 0 Å². The lowest BCUT2D eigenvalue weighted by atomic mass is 10.4. The van der Waals surface area contributed by atoms with Gasteiger partial charge in [0.1, 0.15) is 0 Å². The fourth-order valence-corrected chi connectivity index (χ4v) is 3.57. The average Bonchev–Trinajstić information content (AvgIpc) is 2.89. The van der Waals surface area contributed by atoms with E-state index in [1.165, 1.54) is 25.9 Å². The van der Waals surface area contributed by atoms with Crippen molar-refractivity contribution in [3.63, 3.8) is 0 Å². The molecular weight excluding hydrogens is 278 g/mol. The van der Waals surface area contributed by atoms with Crippen molar-refractivity contribution in [3.8, 4) is 0 Å². The van der Waals surface area contributed by atoms with E-state index >= 15 is 0 Å². The molecule has 0 saturated carbocycles. The van der Waals surface area contributed by atoms with Crippen LogP contribution in [0, 0.1) is 0 Å². The highest BCUT2D eigenvalue weighted by atomic mass is 32.2. The number of nitrogens with one attached hydrogen (secondary N) is 1. The third-order valence-corrected chi connectivity index (χ3v) is 4.83. The molecule has 1 aromatic rings. The van der Waals surface area contributed by atoms with E-state index in [0.29, 0.717) is 0 Å². The highest BCUT2D eigenvalue weighted by Gasteiger charge is 2.11. The Hall–Kier alpha value is -0.460. The number of likely N-dealkylation sites (tertiary alicyclic amines) is 1. The Morgan fingerprint density at radius 3 is 2.95 bits per heavy atom. The van der Waals surface area contributed by atoms with Crippen molar-refractivity contribution < 1.29 is 0 Å². The van der Waals surface area contributed by atoms with E-state index in [-0.39, 0.29) is 5.56 Å². The molecule has 0 amide bonds. The molecular formula is C13H21N3OS2. The third-order valence-electron chi connectivity index (χ3n) is 3.07. The molecule has 0 aromatic carbocycles. The summed E-state index contributed by atoms with van der Waals surface area (Å²) in [6, 6.07) is 1.60. The fourth-order valence-electron chi connectivity index (χ4n) is 2.11. The van der Waals surface area contributed by atoms with Gasteiger partial charge in [-0.1, -0.05) is 18.7 Å². The van der Waals surface area contributed by atoms with Crippen molar-refractivity contribution in [1.29, 1.82) is 0 Å². The first-order valence-corrected chi connectivity index (χ1v) is 8.95. The van der Waals surface area contributed by atoms with Gasteiger partial charge in [0, 0.05) is 24.1 Å². The molecule has 1 aliphatic heterocycles. The molecule has 1 fully saturated rings. The van der Waals surface area contributed by atoms with Crippen LogP contribution in [0.1, 0.15) is 25.5 Å². The minimum absolute atomic E-state index is 0.0367. The van der Waals surface area contributed by atoms with Gasteiger partial charge in [-0.2, -0.15) is 11.8 Å². The number of H-pyrrole nitrogens is 1. The van der Waals surface area contributed by atoms with Gasteiger partial charge in [0.05, 0.1) is 5.69 Å². The van der Waals surface area contributed by atoms with Crippen molar-refractivity contribution in [2.75, 3.05) is 31.1 Å². The smallest absolute Gasteiger partial charge is 0.251 e. The van der Waals surface area contributed by atoms with Crippen molar-refractivity contribution in [3.05, 3.63) is 22.1 Å². The molecule has 2 heterocycles. The molecule has 0 radical (unpaired) electrons. The zero-order valence-corrected chi connectivity index (χ0v) is 13.0. The van der Waals surface area contributed by atoms with Gasteiger partial charge >= 0.3 is 0 Å². The summed E-state index contributed by atoms with van der Waals surface area (Å²) in [5, 5.41) is 0.762. The summed E-state index contributed by atoms with van der Waals surface area (Å²) in [5.41, 5.74) is 0.852. The van der Waals surface area contributed by atoms with E-state index in [1.54, 1.807) is 29.6 Å². The molecule has 0 bridgehead atoms. The number of aromatic nitrogens is 2. The van der Waals surface area contributed by atoms with Gasteiger partial charge < -0.3 is 9.88 Å². The van der Waals surface area contributed by atoms with E-state index < -0.39 is 0 Å². The van der Waals surface area contributed by atoms with Crippen molar-refractivity contribution in [2.24, 2.45) is 0 Å². The van der Waals surface area contributed by atoms with E-state index in [9.17, 15) is 4.79 Å². The van der Waals surface area contributed by atoms with Crippen LogP contribution >= 0.6 is 23.5 Å². The topological polar surface area (TPSA) is 49.0 Å². The second kappa shape index (κ2) is 7.97. The number of hydrogen-bond donors (Lipinski definition) is 1. The molecule has 0 atom stereocenters. The van der Waals surface area contributed by atoms with Crippen molar-refractivity contribution in [1.82, 2.24) is 14.9 Å². The minimum atomic E-state index is -0.0367. The maximum absolute atomic E-state index is 11.6. The van der Waals surface area contributed by atoms with Gasteiger partial charge in [-0.25, -0.2) is 4.98 Å². The number of rotatable bonds is 7. The van der Waals surface area contributed by atoms with Gasteiger partial charge in [-0.15, -0.1) is 0 Å². The normalized spacial score (nSPS) is 16.1. The molecule has 4 nitrogen and oxygen atoms in total. The first-order chi connectivity index (χ1) is 9.28. The van der Waals surface area contributed by atoms with Crippen molar-refractivity contribution >= 4 is 23.5 Å². The summed E-state index contributed by atoms with van der Waals surface area (Å²) >= 11 is 3.44. The molecule has 106 valence electrons. The van der Waals surface area contributed by atoms with Crippen LogP contribution in [0.15, 0.2) is 16.0 Å². The molecule has 6 heteroatoms. The van der Waals surface area contributed by atoms with Crippen LogP contribution in [0.25, 0.3) is 0 Å². The summed E-state index contributed by atoms with van der Waals surface area (Å²) in [5.74, 6) is 2.86. The zero-order chi connectivity index (χ0) is 13.5. The van der Waals surface area contributed by atoms with Crippen molar-refractivity contribution in [2.45, 2.75) is 30.7 Å². The lowest BCUT2D eigenvalue weighted by molar-refractivity contribution is 0.362. The second-order valence-corrected chi connectivity index (χ2v) is 6.93. The number of hydrogen-bond acceptors (Lipinski definition) is 5. The molecule has 1 aliphatic rings. The van der Waals surface area contributed by atoms with Crippen LogP contribution in [0.2, 0.25) is 0 Å². The fraction of sp³-hybridized carbons (Fsp3) is 0.692. The van der Waals surface area contributed by atoms with E-state index in [2.05, 4.69) is 21.8 Å². The summed E-state index contributed by atoms with van der Waals surface area (Å²) in [6.07, 6.45) is 2.65. The monoisotopic (exact) mass is 299 g/mol. The molecule has 1 N–H and O–H groups in total. The number of aromatic amines is 1. The summed E-state index contributed by atoms with van der Waals surface area (Å²) in [4.78, 5) is 21.4. The quantitative estimate of drug-likeness (QED) is 0.618. The minimum Gasteiger partial charge on any atom is -0.303 e. The number of nitrogens with zero attached hydrogens (tertiary/aromatic N) is 2. The average molecular weight is 299 g/mol. The zero-order valence-electron chi connectivity index (χ0n) is 11.4. The van der Waals surface area contributed by atoms with Crippen LogP contribution in [-0.2, 0) is 5.75 Å². The van der Waals surface area contributed by atoms with E-state index in [4.69, 9.17) is 0 Å². The predicted octanol–water partition coefficient (Wildman–Crippen LogP) is 2.21. The first-order valence-electron chi connectivity index (χ1n) is 6.81. The Balaban J connectivity index is 1.84. The van der Waals surface area contributed by atoms with E-state index in [0.717, 1.165) is 34.7 Å². The van der Waals surface area contributed by atoms with Gasteiger partial charge in [0.25, 0.3) is 5.56 Å². The molecule has 1 saturated heterocycles. The molecule has 0 unspecified atom stereocenters. The predicted molar refractivity (Wildman–Crippen MR) is 83.1 cm³/mol. The summed E-state index contributed by atoms with van der Waals surface area (Å²) < 4.78 is 0. The largest absolute Gasteiger partial charge is 0.303 e. The van der Waals surface area contributed by atoms with Crippen LogP contribution < -0.4 is 5.56 Å². The maximum Gasteiger partial charge on any atom is 0.251 e. The van der Waals surface area contributed by atoms with Gasteiger partial charge in [0.2, 0.25) is 0 Å².